The van der Waals surface area contributed by atoms with Gasteiger partial charge in [0.15, 0.2) is 24.1 Å². The fourth-order valence-corrected chi connectivity index (χ4v) is 3.06. The lowest BCUT2D eigenvalue weighted by molar-refractivity contribution is -0.121. The highest BCUT2D eigenvalue weighted by Crippen LogP contribution is 2.31. The van der Waals surface area contributed by atoms with Crippen LogP contribution in [0.4, 0.5) is 5.69 Å². The van der Waals surface area contributed by atoms with Gasteiger partial charge < -0.3 is 30.2 Å². The van der Waals surface area contributed by atoms with Crippen LogP contribution in [0.15, 0.2) is 47.5 Å². The number of nitrogens with zero attached hydrogens (tertiary/aromatic N) is 2. The van der Waals surface area contributed by atoms with E-state index >= 15 is 0 Å². The van der Waals surface area contributed by atoms with Crippen LogP contribution in [0.2, 0.25) is 0 Å². The first-order chi connectivity index (χ1) is 14.1. The normalized spacial score (nSPS) is 13.1. The molecule has 0 saturated heterocycles. The van der Waals surface area contributed by atoms with Crippen molar-refractivity contribution in [1.82, 2.24) is 5.32 Å². The highest BCUT2D eigenvalue weighted by atomic mass is 127. The molecule has 2 aromatic rings. The van der Waals surface area contributed by atoms with E-state index in [0.717, 1.165) is 23.4 Å². The first-order valence-electron chi connectivity index (χ1n) is 9.39. The molecule has 0 atom stereocenters. The fraction of sp³-hybridized carbons (Fsp3) is 0.333. The summed E-state index contributed by atoms with van der Waals surface area (Å²) in [6.07, 6.45) is 0.729. The van der Waals surface area contributed by atoms with E-state index < -0.39 is 0 Å². The van der Waals surface area contributed by atoms with E-state index in [1.807, 2.05) is 42.5 Å². The molecule has 0 spiro atoms. The Morgan fingerprint density at radius 2 is 1.97 bits per heavy atom. The quantitative estimate of drug-likeness (QED) is 0.238. The first kappa shape index (κ1) is 23.6. The van der Waals surface area contributed by atoms with Crippen LogP contribution in [0, 0.1) is 0 Å². The molecular formula is C21H27IN4O4. The molecule has 0 bridgehead atoms. The zero-order valence-corrected chi connectivity index (χ0v) is 19.4. The predicted molar refractivity (Wildman–Crippen MR) is 127 cm³/mol. The van der Waals surface area contributed by atoms with Crippen LogP contribution in [0.25, 0.3) is 0 Å². The number of amides is 1. The standard InChI is InChI=1S/C21H26N4O4.HI/c1-27-18-9-8-15(12-19(18)28-2)13-24-21(22)23-10-5-11-25-16-6-3-4-7-17(16)29-14-20(25)26;/h3-4,6-9,12H,5,10-11,13-14H2,1-2H3,(H3,22,23,24);1H. The summed E-state index contributed by atoms with van der Waals surface area (Å²) in [7, 11) is 3.19. The monoisotopic (exact) mass is 526 g/mol. The summed E-state index contributed by atoms with van der Waals surface area (Å²) in [6, 6.07) is 13.2. The first-order valence-corrected chi connectivity index (χ1v) is 9.39. The summed E-state index contributed by atoms with van der Waals surface area (Å²) in [5.74, 6) is 2.37. The number of ether oxygens (including phenoxy) is 3. The Bertz CT molecular complexity index is 891. The second kappa shape index (κ2) is 11.5. The Kier molecular flexibility index (Phi) is 9.03. The van der Waals surface area contributed by atoms with E-state index in [2.05, 4.69) is 10.3 Å². The Labute approximate surface area is 193 Å². The number of fused-ring (bicyclic) bond motifs is 1. The van der Waals surface area contributed by atoms with Crippen molar-refractivity contribution in [2.45, 2.75) is 13.0 Å². The molecular weight excluding hydrogens is 499 g/mol. The Balaban J connectivity index is 0.00000320. The molecule has 1 aliphatic rings. The number of benzene rings is 2. The van der Waals surface area contributed by atoms with Crippen molar-refractivity contribution in [3.63, 3.8) is 0 Å². The minimum Gasteiger partial charge on any atom is -0.493 e. The molecule has 0 unspecified atom stereocenters. The van der Waals surface area contributed by atoms with Gasteiger partial charge in [-0.05, 0) is 36.2 Å². The molecule has 0 aromatic heterocycles. The van der Waals surface area contributed by atoms with E-state index in [-0.39, 0.29) is 36.5 Å². The van der Waals surface area contributed by atoms with E-state index in [0.29, 0.717) is 37.1 Å². The molecule has 8 nitrogen and oxygen atoms in total. The highest BCUT2D eigenvalue weighted by molar-refractivity contribution is 14.0. The van der Waals surface area contributed by atoms with Crippen LogP contribution in [0.3, 0.4) is 0 Å². The zero-order chi connectivity index (χ0) is 20.6. The number of methoxy groups -OCH3 is 2. The Hall–Kier alpha value is -2.69. The number of hydrogen-bond donors (Lipinski definition) is 2. The molecule has 0 saturated carbocycles. The molecule has 1 aliphatic heterocycles. The molecule has 0 radical (unpaired) electrons. The second-order valence-electron chi connectivity index (χ2n) is 6.47. The largest absolute Gasteiger partial charge is 0.493 e. The third kappa shape index (κ3) is 5.91. The van der Waals surface area contributed by atoms with Crippen molar-refractivity contribution < 1.29 is 19.0 Å². The average Bonchev–Trinajstić information content (AvgIpc) is 2.76. The molecule has 0 aliphatic carbocycles. The molecule has 3 N–H and O–H groups in total. The van der Waals surface area contributed by atoms with E-state index in [9.17, 15) is 4.79 Å². The van der Waals surface area contributed by atoms with E-state index in [1.54, 1.807) is 19.1 Å². The molecule has 3 rings (SSSR count). The summed E-state index contributed by atoms with van der Waals surface area (Å²) in [6.45, 7) is 1.68. The third-order valence-electron chi connectivity index (χ3n) is 4.55. The number of carbonyl (C=O) groups is 1. The summed E-state index contributed by atoms with van der Waals surface area (Å²) in [4.78, 5) is 18.2. The maximum absolute atomic E-state index is 12.2. The van der Waals surface area contributed by atoms with Crippen LogP contribution >= 0.6 is 24.0 Å². The molecule has 2 aromatic carbocycles. The highest BCUT2D eigenvalue weighted by Gasteiger charge is 2.24. The summed E-state index contributed by atoms with van der Waals surface area (Å²) in [5, 5.41) is 3.09. The lowest BCUT2D eigenvalue weighted by atomic mass is 10.2. The number of aliphatic imine (C=N–C) groups is 1. The van der Waals surface area contributed by atoms with Gasteiger partial charge in [-0.15, -0.1) is 24.0 Å². The molecule has 30 heavy (non-hydrogen) atoms. The van der Waals surface area contributed by atoms with Crippen molar-refractivity contribution >= 4 is 41.5 Å². The predicted octanol–water partition coefficient (Wildman–Crippen LogP) is 2.54. The van der Waals surface area contributed by atoms with Gasteiger partial charge in [0.05, 0.1) is 26.5 Å². The van der Waals surface area contributed by atoms with Gasteiger partial charge in [0.2, 0.25) is 0 Å². The van der Waals surface area contributed by atoms with E-state index in [1.165, 1.54) is 0 Å². The van der Waals surface area contributed by atoms with Crippen LogP contribution in [-0.2, 0) is 11.3 Å². The number of nitrogens with one attached hydrogen (secondary N) is 1. The summed E-state index contributed by atoms with van der Waals surface area (Å²) >= 11 is 0. The van der Waals surface area contributed by atoms with Crippen LogP contribution < -0.4 is 30.2 Å². The van der Waals surface area contributed by atoms with Crippen LogP contribution in [0.1, 0.15) is 12.0 Å². The SMILES string of the molecule is COc1ccc(CN=C(N)NCCCN2C(=O)COc3ccccc32)cc1OC.I. The number of halogens is 1. The van der Waals surface area contributed by atoms with Crippen LogP contribution in [0.5, 0.6) is 17.2 Å². The fourth-order valence-electron chi connectivity index (χ4n) is 3.06. The molecule has 162 valence electrons. The number of hydrogen-bond acceptors (Lipinski definition) is 5. The van der Waals surface area contributed by atoms with Crippen molar-refractivity contribution in [1.29, 1.82) is 0 Å². The second-order valence-corrected chi connectivity index (χ2v) is 6.47. The van der Waals surface area contributed by atoms with Crippen molar-refractivity contribution in [3.8, 4) is 17.2 Å². The summed E-state index contributed by atoms with van der Waals surface area (Å²) < 4.78 is 16.0. The van der Waals surface area contributed by atoms with Gasteiger partial charge in [-0.2, -0.15) is 0 Å². The van der Waals surface area contributed by atoms with Crippen molar-refractivity contribution in [2.75, 3.05) is 38.8 Å². The van der Waals surface area contributed by atoms with Gasteiger partial charge in [0, 0.05) is 13.1 Å². The average molecular weight is 526 g/mol. The molecule has 9 heteroatoms. The minimum absolute atomic E-state index is 0. The maximum Gasteiger partial charge on any atom is 0.265 e. The van der Waals surface area contributed by atoms with Gasteiger partial charge in [-0.1, -0.05) is 18.2 Å². The minimum atomic E-state index is -0.0428. The molecule has 0 fully saturated rings. The zero-order valence-electron chi connectivity index (χ0n) is 17.1. The Morgan fingerprint density at radius 1 is 1.20 bits per heavy atom. The Morgan fingerprint density at radius 3 is 2.73 bits per heavy atom. The number of para-hydroxylation sites is 2. The molecule has 1 amide bonds. The number of anilines is 1. The van der Waals surface area contributed by atoms with Gasteiger partial charge >= 0.3 is 0 Å². The lowest BCUT2D eigenvalue weighted by Crippen LogP contribution is -2.41. The van der Waals surface area contributed by atoms with Gasteiger partial charge in [0.1, 0.15) is 5.75 Å². The number of rotatable bonds is 8. The maximum atomic E-state index is 12.2. The smallest absolute Gasteiger partial charge is 0.265 e. The van der Waals surface area contributed by atoms with Crippen molar-refractivity contribution in [3.05, 3.63) is 48.0 Å². The van der Waals surface area contributed by atoms with E-state index in [4.69, 9.17) is 19.9 Å². The van der Waals surface area contributed by atoms with Crippen molar-refractivity contribution in [2.24, 2.45) is 10.7 Å². The number of guanidine groups is 1. The van der Waals surface area contributed by atoms with Crippen LogP contribution in [-0.4, -0.2) is 45.8 Å². The topological polar surface area (TPSA) is 98.4 Å². The van der Waals surface area contributed by atoms with Gasteiger partial charge in [-0.3, -0.25) is 4.79 Å². The van der Waals surface area contributed by atoms with Gasteiger partial charge in [-0.25, -0.2) is 4.99 Å². The van der Waals surface area contributed by atoms with Gasteiger partial charge in [0.25, 0.3) is 5.91 Å². The lowest BCUT2D eigenvalue weighted by Gasteiger charge is -2.29. The number of carbonyl (C=O) groups excluding carboxylic acids is 1. The third-order valence-corrected chi connectivity index (χ3v) is 4.55. The number of nitrogens with two attached hydrogens (primary N) is 1. The molecule has 1 heterocycles. The summed E-state index contributed by atoms with van der Waals surface area (Å²) in [5.41, 5.74) is 7.72.